The molecule has 0 unspecified atom stereocenters. The molecule has 0 aliphatic heterocycles. The summed E-state index contributed by atoms with van der Waals surface area (Å²) in [4.78, 5) is 18.5. The molecule has 1 amide bonds. The number of carbonyl (C=O) groups is 1. The first-order chi connectivity index (χ1) is 11.6. The molecular weight excluding hydrogens is 305 g/mol. The molecule has 0 saturated heterocycles. The second kappa shape index (κ2) is 9.01. The molecule has 4 nitrogen and oxygen atoms in total. The normalized spacial score (nSPS) is 10.5. The fourth-order valence-electron chi connectivity index (χ4n) is 2.36. The quantitative estimate of drug-likeness (QED) is 0.807. The van der Waals surface area contributed by atoms with E-state index >= 15 is 0 Å². The predicted octanol–water partition coefficient (Wildman–Crippen LogP) is 3.43. The number of hydrogen-bond donors (Lipinski definition) is 1. The Morgan fingerprint density at radius 3 is 2.71 bits per heavy atom. The summed E-state index contributed by atoms with van der Waals surface area (Å²) in [6.45, 7) is 3.59. The van der Waals surface area contributed by atoms with Crippen LogP contribution in [0.4, 0.5) is 10.1 Å². The first-order valence-electron chi connectivity index (χ1n) is 8.29. The van der Waals surface area contributed by atoms with Crippen molar-refractivity contribution >= 4 is 11.6 Å². The Morgan fingerprint density at radius 1 is 1.25 bits per heavy atom. The predicted molar refractivity (Wildman–Crippen MR) is 94.9 cm³/mol. The van der Waals surface area contributed by atoms with Crippen LogP contribution in [0.5, 0.6) is 0 Å². The van der Waals surface area contributed by atoms with Gasteiger partial charge in [0, 0.05) is 26.3 Å². The van der Waals surface area contributed by atoms with Crippen molar-refractivity contribution in [2.24, 2.45) is 0 Å². The number of anilines is 1. The second-order valence-electron chi connectivity index (χ2n) is 5.84. The average Bonchev–Trinajstić information content (AvgIpc) is 2.61. The minimum atomic E-state index is -0.252. The lowest BCUT2D eigenvalue weighted by atomic mass is 10.1. The Kier molecular flexibility index (Phi) is 6.73. The summed E-state index contributed by atoms with van der Waals surface area (Å²) >= 11 is 0. The first-order valence-corrected chi connectivity index (χ1v) is 8.29. The maximum Gasteiger partial charge on any atom is 0.252 e. The van der Waals surface area contributed by atoms with Gasteiger partial charge < -0.3 is 10.2 Å². The summed E-state index contributed by atoms with van der Waals surface area (Å²) in [5.74, 6) is -0.395. The number of halogens is 1. The van der Waals surface area contributed by atoms with Gasteiger partial charge in [-0.15, -0.1) is 0 Å². The van der Waals surface area contributed by atoms with Crippen molar-refractivity contribution < 1.29 is 9.18 Å². The summed E-state index contributed by atoms with van der Waals surface area (Å²) in [5, 5.41) is 2.88. The van der Waals surface area contributed by atoms with Crippen molar-refractivity contribution in [2.75, 3.05) is 25.0 Å². The van der Waals surface area contributed by atoms with E-state index < -0.39 is 0 Å². The molecule has 1 aromatic carbocycles. The average molecular weight is 329 g/mol. The van der Waals surface area contributed by atoms with Crippen LogP contribution in [0.2, 0.25) is 0 Å². The number of hydrogen-bond acceptors (Lipinski definition) is 3. The van der Waals surface area contributed by atoms with Crippen LogP contribution in [0.25, 0.3) is 0 Å². The van der Waals surface area contributed by atoms with Crippen LogP contribution < -0.4 is 10.2 Å². The topological polar surface area (TPSA) is 45.2 Å². The van der Waals surface area contributed by atoms with E-state index in [9.17, 15) is 9.18 Å². The molecule has 0 fully saturated rings. The summed E-state index contributed by atoms with van der Waals surface area (Å²) in [6.07, 6.45) is 6.23. The van der Waals surface area contributed by atoms with E-state index in [1.807, 2.05) is 13.1 Å². The van der Waals surface area contributed by atoms with E-state index in [-0.39, 0.29) is 11.7 Å². The van der Waals surface area contributed by atoms with Gasteiger partial charge in [-0.1, -0.05) is 25.5 Å². The van der Waals surface area contributed by atoms with Crippen LogP contribution in [0.3, 0.4) is 0 Å². The highest BCUT2D eigenvalue weighted by Gasteiger charge is 2.08. The fraction of sp³-hybridized carbons (Fsp3) is 0.368. The van der Waals surface area contributed by atoms with Gasteiger partial charge in [-0.05, 0) is 36.6 Å². The molecule has 1 aromatic heterocycles. The molecule has 2 rings (SSSR count). The van der Waals surface area contributed by atoms with Crippen LogP contribution in [0, 0.1) is 5.82 Å². The third-order valence-corrected chi connectivity index (χ3v) is 3.89. The highest BCUT2D eigenvalue weighted by Crippen LogP contribution is 2.13. The molecule has 0 aliphatic rings. The van der Waals surface area contributed by atoms with Crippen molar-refractivity contribution in [2.45, 2.75) is 26.2 Å². The molecule has 128 valence electrons. The molecule has 24 heavy (non-hydrogen) atoms. The van der Waals surface area contributed by atoms with Gasteiger partial charge in [0.05, 0.1) is 17.4 Å². The minimum Gasteiger partial charge on any atom is -0.373 e. The summed E-state index contributed by atoms with van der Waals surface area (Å²) in [5.41, 5.74) is 2.48. The van der Waals surface area contributed by atoms with Gasteiger partial charge in [-0.2, -0.15) is 0 Å². The number of benzene rings is 1. The zero-order valence-corrected chi connectivity index (χ0v) is 14.3. The Labute approximate surface area is 142 Å². The van der Waals surface area contributed by atoms with Gasteiger partial charge in [-0.3, -0.25) is 9.78 Å². The van der Waals surface area contributed by atoms with Crippen LogP contribution >= 0.6 is 0 Å². The Bertz CT molecular complexity index is 658. The van der Waals surface area contributed by atoms with E-state index in [2.05, 4.69) is 22.1 Å². The van der Waals surface area contributed by atoms with Gasteiger partial charge >= 0.3 is 0 Å². The SMILES string of the molecule is CCCCN(C)c1cncc(C(=O)NCCc2ccc(F)cc2)c1. The Morgan fingerprint density at radius 2 is 2.00 bits per heavy atom. The number of rotatable bonds is 8. The molecule has 0 saturated carbocycles. The Balaban J connectivity index is 1.88. The maximum absolute atomic E-state index is 12.9. The molecule has 1 N–H and O–H groups in total. The molecule has 0 spiro atoms. The number of pyridine rings is 1. The maximum atomic E-state index is 12.9. The third kappa shape index (κ3) is 5.33. The van der Waals surface area contributed by atoms with Gasteiger partial charge in [0.25, 0.3) is 5.91 Å². The minimum absolute atomic E-state index is 0.143. The van der Waals surface area contributed by atoms with Gasteiger partial charge in [0.15, 0.2) is 0 Å². The monoisotopic (exact) mass is 329 g/mol. The van der Waals surface area contributed by atoms with Crippen molar-refractivity contribution in [3.63, 3.8) is 0 Å². The smallest absolute Gasteiger partial charge is 0.252 e. The number of amides is 1. The highest BCUT2D eigenvalue weighted by molar-refractivity contribution is 5.94. The molecule has 0 aliphatic carbocycles. The summed E-state index contributed by atoms with van der Waals surface area (Å²) in [6, 6.07) is 8.17. The number of unbranched alkanes of at least 4 members (excludes halogenated alkanes) is 1. The lowest BCUT2D eigenvalue weighted by Gasteiger charge is -2.19. The van der Waals surface area contributed by atoms with Crippen molar-refractivity contribution in [3.05, 3.63) is 59.7 Å². The molecule has 0 bridgehead atoms. The molecule has 5 heteroatoms. The Hall–Kier alpha value is -2.43. The molecule has 0 atom stereocenters. The summed E-state index contributed by atoms with van der Waals surface area (Å²) < 4.78 is 12.9. The molecule has 1 heterocycles. The number of nitrogens with one attached hydrogen (secondary N) is 1. The standard InChI is InChI=1S/C19H24FN3O/c1-3-4-11-23(2)18-12-16(13-21-14-18)19(24)22-10-9-15-5-7-17(20)8-6-15/h5-8,12-14H,3-4,9-11H2,1-2H3,(H,22,24). The van der Waals surface area contributed by atoms with E-state index in [0.717, 1.165) is 30.6 Å². The van der Waals surface area contributed by atoms with Crippen molar-refractivity contribution in [1.82, 2.24) is 10.3 Å². The van der Waals surface area contributed by atoms with Crippen molar-refractivity contribution in [3.8, 4) is 0 Å². The number of nitrogens with zero attached hydrogens (tertiary/aromatic N) is 2. The second-order valence-corrected chi connectivity index (χ2v) is 5.84. The van der Waals surface area contributed by atoms with Crippen LogP contribution in [0.15, 0.2) is 42.7 Å². The van der Waals surface area contributed by atoms with Crippen molar-refractivity contribution in [1.29, 1.82) is 0 Å². The van der Waals surface area contributed by atoms with Gasteiger partial charge in [0.1, 0.15) is 5.82 Å². The summed E-state index contributed by atoms with van der Waals surface area (Å²) in [7, 11) is 2.00. The van der Waals surface area contributed by atoms with Crippen LogP contribution in [0.1, 0.15) is 35.7 Å². The number of aromatic nitrogens is 1. The highest BCUT2D eigenvalue weighted by atomic mass is 19.1. The molecular formula is C19H24FN3O. The molecule has 0 radical (unpaired) electrons. The first kappa shape index (κ1) is 17.9. The lowest BCUT2D eigenvalue weighted by Crippen LogP contribution is -2.26. The van der Waals surface area contributed by atoms with Gasteiger partial charge in [0.2, 0.25) is 0 Å². The zero-order valence-electron chi connectivity index (χ0n) is 14.3. The fourth-order valence-corrected chi connectivity index (χ4v) is 2.36. The zero-order chi connectivity index (χ0) is 17.4. The van der Waals surface area contributed by atoms with E-state index in [1.54, 1.807) is 24.5 Å². The van der Waals surface area contributed by atoms with Crippen LogP contribution in [-0.2, 0) is 6.42 Å². The third-order valence-electron chi connectivity index (χ3n) is 3.89. The van der Waals surface area contributed by atoms with Gasteiger partial charge in [-0.25, -0.2) is 4.39 Å². The lowest BCUT2D eigenvalue weighted by molar-refractivity contribution is 0.0954. The van der Waals surface area contributed by atoms with E-state index in [0.29, 0.717) is 18.5 Å². The number of carbonyl (C=O) groups excluding carboxylic acids is 1. The largest absolute Gasteiger partial charge is 0.373 e. The van der Waals surface area contributed by atoms with Crippen LogP contribution in [-0.4, -0.2) is 31.0 Å². The molecule has 2 aromatic rings. The van der Waals surface area contributed by atoms with E-state index in [4.69, 9.17) is 0 Å². The van der Waals surface area contributed by atoms with E-state index in [1.165, 1.54) is 12.1 Å².